The molecule has 88 valence electrons. The van der Waals surface area contributed by atoms with E-state index in [9.17, 15) is 13.6 Å². The van der Waals surface area contributed by atoms with Crippen LogP contribution >= 0.6 is 11.6 Å². The average molecular weight is 239 g/mol. The Morgan fingerprint density at radius 2 is 2.13 bits per heavy atom. The Balaban J connectivity index is 4.20. The van der Waals surface area contributed by atoms with Crippen LogP contribution in [0.15, 0.2) is 11.6 Å². The van der Waals surface area contributed by atoms with Crippen LogP contribution in [0.1, 0.15) is 32.6 Å². The predicted octanol–water partition coefficient (Wildman–Crippen LogP) is 3.81. The first-order valence-corrected chi connectivity index (χ1v) is 5.67. The van der Waals surface area contributed by atoms with E-state index in [1.807, 2.05) is 6.92 Å². The molecule has 0 N–H and O–H groups in total. The molecular formula is C11H17ClF2O. The van der Waals surface area contributed by atoms with E-state index in [0.717, 1.165) is 25.5 Å². The molecule has 1 atom stereocenters. The van der Waals surface area contributed by atoms with Crippen molar-refractivity contribution in [3.05, 3.63) is 11.6 Å². The summed E-state index contributed by atoms with van der Waals surface area (Å²) >= 11 is 5.42. The van der Waals surface area contributed by atoms with Crippen LogP contribution in [0, 0.1) is 5.92 Å². The molecule has 1 unspecified atom stereocenters. The van der Waals surface area contributed by atoms with Gasteiger partial charge in [-0.25, -0.2) is 8.78 Å². The molecule has 4 heteroatoms. The normalized spacial score (nSPS) is 14.3. The summed E-state index contributed by atoms with van der Waals surface area (Å²) in [5.41, 5.74) is -0.00498. The number of rotatable bonds is 8. The fourth-order valence-corrected chi connectivity index (χ4v) is 1.55. The van der Waals surface area contributed by atoms with E-state index in [2.05, 4.69) is 0 Å². The third-order valence-corrected chi connectivity index (χ3v) is 2.61. The second-order valence-electron chi connectivity index (χ2n) is 3.44. The van der Waals surface area contributed by atoms with Gasteiger partial charge in [0.15, 0.2) is 0 Å². The summed E-state index contributed by atoms with van der Waals surface area (Å²) in [5.74, 6) is -0.0188. The van der Waals surface area contributed by atoms with Gasteiger partial charge >= 0.3 is 0 Å². The Hall–Kier alpha value is -0.440. The van der Waals surface area contributed by atoms with E-state index in [-0.39, 0.29) is 17.4 Å². The first-order chi connectivity index (χ1) is 7.15. The molecular weight excluding hydrogens is 222 g/mol. The van der Waals surface area contributed by atoms with Crippen molar-refractivity contribution in [2.75, 3.05) is 5.88 Å². The summed E-state index contributed by atoms with van der Waals surface area (Å²) in [6.45, 7) is 1.94. The Bertz CT molecular complexity index is 205. The number of carbonyl (C=O) groups is 1. The van der Waals surface area contributed by atoms with Crippen molar-refractivity contribution in [1.82, 2.24) is 0 Å². The number of halogens is 3. The van der Waals surface area contributed by atoms with Gasteiger partial charge in [0.1, 0.15) is 6.29 Å². The molecule has 0 aromatic rings. The van der Waals surface area contributed by atoms with Crippen LogP contribution in [-0.2, 0) is 4.79 Å². The van der Waals surface area contributed by atoms with Gasteiger partial charge in [-0.05, 0) is 25.2 Å². The highest BCUT2D eigenvalue weighted by Crippen LogP contribution is 2.19. The van der Waals surface area contributed by atoms with Crippen LogP contribution in [0.4, 0.5) is 8.78 Å². The Morgan fingerprint density at radius 1 is 1.47 bits per heavy atom. The van der Waals surface area contributed by atoms with Gasteiger partial charge in [0.05, 0.1) is 0 Å². The molecule has 0 aliphatic carbocycles. The molecule has 0 rings (SSSR count). The molecule has 0 saturated heterocycles. The summed E-state index contributed by atoms with van der Waals surface area (Å²) < 4.78 is 24.8. The number of allylic oxidation sites excluding steroid dienone is 2. The zero-order valence-corrected chi connectivity index (χ0v) is 9.64. The van der Waals surface area contributed by atoms with Crippen molar-refractivity contribution in [2.45, 2.75) is 39.0 Å². The molecule has 15 heavy (non-hydrogen) atoms. The number of carbonyl (C=O) groups excluding carboxylic acids is 1. The highest BCUT2D eigenvalue weighted by atomic mass is 35.5. The molecule has 0 bridgehead atoms. The predicted molar refractivity (Wildman–Crippen MR) is 58.5 cm³/mol. The van der Waals surface area contributed by atoms with Crippen LogP contribution in [0.5, 0.6) is 0 Å². The molecule has 0 saturated carbocycles. The lowest BCUT2D eigenvalue weighted by Crippen LogP contribution is -2.04. The van der Waals surface area contributed by atoms with Gasteiger partial charge in [0, 0.05) is 17.9 Å². The van der Waals surface area contributed by atoms with E-state index in [4.69, 9.17) is 11.6 Å². The van der Waals surface area contributed by atoms with Crippen molar-refractivity contribution in [3.63, 3.8) is 0 Å². The summed E-state index contributed by atoms with van der Waals surface area (Å²) in [7, 11) is 0. The van der Waals surface area contributed by atoms with Gasteiger partial charge in [0.25, 0.3) is 6.43 Å². The maximum Gasteiger partial charge on any atom is 0.261 e. The monoisotopic (exact) mass is 238 g/mol. The first-order valence-electron chi connectivity index (χ1n) is 5.14. The molecule has 0 radical (unpaired) electrons. The summed E-state index contributed by atoms with van der Waals surface area (Å²) in [6.07, 6.45) is 2.75. The van der Waals surface area contributed by atoms with Gasteiger partial charge in [0.2, 0.25) is 0 Å². The molecule has 0 aliphatic rings. The van der Waals surface area contributed by atoms with E-state index in [1.54, 1.807) is 6.08 Å². The maximum absolute atomic E-state index is 12.4. The van der Waals surface area contributed by atoms with E-state index in [1.165, 1.54) is 0 Å². The van der Waals surface area contributed by atoms with E-state index < -0.39 is 6.43 Å². The lowest BCUT2D eigenvalue weighted by molar-refractivity contribution is -0.107. The topological polar surface area (TPSA) is 17.1 Å². The van der Waals surface area contributed by atoms with Gasteiger partial charge < -0.3 is 4.79 Å². The highest BCUT2D eigenvalue weighted by Gasteiger charge is 2.12. The van der Waals surface area contributed by atoms with Crippen molar-refractivity contribution in [1.29, 1.82) is 0 Å². The van der Waals surface area contributed by atoms with Crippen molar-refractivity contribution in [3.8, 4) is 0 Å². The number of unbranched alkanes of at least 4 members (excludes halogenated alkanes) is 1. The van der Waals surface area contributed by atoms with Crippen molar-refractivity contribution < 1.29 is 13.6 Å². The van der Waals surface area contributed by atoms with Gasteiger partial charge in [-0.3, -0.25) is 0 Å². The average Bonchev–Trinajstić information content (AvgIpc) is 2.22. The third-order valence-electron chi connectivity index (χ3n) is 2.31. The molecule has 0 heterocycles. The molecule has 0 amide bonds. The molecule has 0 fully saturated rings. The summed E-state index contributed by atoms with van der Waals surface area (Å²) in [5, 5.41) is 0. The molecule has 0 spiro atoms. The fourth-order valence-electron chi connectivity index (χ4n) is 1.35. The molecule has 0 aromatic heterocycles. The Labute approximate surface area is 94.5 Å². The Kier molecular flexibility index (Phi) is 8.58. The maximum atomic E-state index is 12.4. The zero-order chi connectivity index (χ0) is 11.7. The van der Waals surface area contributed by atoms with E-state index in [0.29, 0.717) is 6.42 Å². The summed E-state index contributed by atoms with van der Waals surface area (Å²) in [6, 6.07) is 0. The van der Waals surface area contributed by atoms with Crippen molar-refractivity contribution >= 4 is 17.9 Å². The van der Waals surface area contributed by atoms with Crippen LogP contribution in [-0.4, -0.2) is 18.6 Å². The standard InChI is InChI=1S/C11H17ClF2O/c1-2-9(5-3-4-6-15)7-10(8-12)11(13)14/h6-7,9,11H,2-5,8H2,1H3/b10-7+. The van der Waals surface area contributed by atoms with Crippen molar-refractivity contribution in [2.24, 2.45) is 5.92 Å². The fraction of sp³-hybridized carbons (Fsp3) is 0.727. The van der Waals surface area contributed by atoms with Gasteiger partial charge in [-0.15, -0.1) is 11.6 Å². The lowest BCUT2D eigenvalue weighted by Gasteiger charge is -2.11. The minimum atomic E-state index is -2.47. The minimum absolute atomic E-state index is 0.00498. The van der Waals surface area contributed by atoms with Crippen LogP contribution in [0.2, 0.25) is 0 Å². The zero-order valence-electron chi connectivity index (χ0n) is 8.89. The second-order valence-corrected chi connectivity index (χ2v) is 3.71. The first kappa shape index (κ1) is 14.6. The lowest BCUT2D eigenvalue weighted by atomic mass is 9.97. The largest absolute Gasteiger partial charge is 0.303 e. The van der Waals surface area contributed by atoms with Gasteiger partial charge in [-0.2, -0.15) is 0 Å². The molecule has 0 aromatic carbocycles. The number of hydrogen-bond donors (Lipinski definition) is 0. The second kappa shape index (κ2) is 8.84. The van der Waals surface area contributed by atoms with Crippen LogP contribution in [0.25, 0.3) is 0 Å². The SMILES string of the molecule is CCC(/C=C(\CCl)C(F)F)CCCC=O. The highest BCUT2D eigenvalue weighted by molar-refractivity contribution is 6.19. The van der Waals surface area contributed by atoms with Gasteiger partial charge in [-0.1, -0.05) is 13.0 Å². The van der Waals surface area contributed by atoms with E-state index >= 15 is 0 Å². The quantitative estimate of drug-likeness (QED) is 0.272. The minimum Gasteiger partial charge on any atom is -0.303 e. The van der Waals surface area contributed by atoms with Crippen LogP contribution < -0.4 is 0 Å². The molecule has 0 aliphatic heterocycles. The number of hydrogen-bond acceptors (Lipinski definition) is 1. The Morgan fingerprint density at radius 3 is 2.53 bits per heavy atom. The van der Waals surface area contributed by atoms with Crippen LogP contribution in [0.3, 0.4) is 0 Å². The number of alkyl halides is 3. The smallest absolute Gasteiger partial charge is 0.261 e. The summed E-state index contributed by atoms with van der Waals surface area (Å²) in [4.78, 5) is 10.1. The number of aldehydes is 1. The molecule has 1 nitrogen and oxygen atoms in total. The third kappa shape index (κ3) is 6.61.